The number of carbonyl (C=O) groups excluding carboxylic acids is 4. The molecular formula is C23H26N2O9. The van der Waals surface area contributed by atoms with Gasteiger partial charge in [0.25, 0.3) is 0 Å². The molecule has 0 radical (unpaired) electrons. The van der Waals surface area contributed by atoms with Crippen molar-refractivity contribution in [3.63, 3.8) is 0 Å². The Morgan fingerprint density at radius 3 is 2.47 bits per heavy atom. The molecule has 2 unspecified atom stereocenters. The molecule has 11 heteroatoms. The van der Waals surface area contributed by atoms with Gasteiger partial charge >= 0.3 is 17.9 Å². The standard InChI is InChI=1S/C23H26N2O9/c1-4-31-16(26)12-15-17(20(27)32-5-2)23(13-8-6-7-9-14(13)25-22(23)29)18(19(24)34-15)21(28)33-11-10-30-3/h6-9,18,24H,4-5,10-12H2,1-3H3,(H,25,29). The Labute approximate surface area is 195 Å². The Balaban J connectivity index is 2.29. The molecule has 1 amide bonds. The van der Waals surface area contributed by atoms with Crippen molar-refractivity contribution in [2.24, 2.45) is 5.92 Å². The van der Waals surface area contributed by atoms with Crippen molar-refractivity contribution in [3.8, 4) is 0 Å². The second kappa shape index (κ2) is 10.5. The molecule has 0 aliphatic carbocycles. The number of benzene rings is 1. The minimum atomic E-state index is -2.05. The summed E-state index contributed by atoms with van der Waals surface area (Å²) in [5.74, 6) is -6.02. The number of para-hydroxylation sites is 1. The van der Waals surface area contributed by atoms with Crippen molar-refractivity contribution in [2.75, 3.05) is 38.9 Å². The van der Waals surface area contributed by atoms with Crippen molar-refractivity contribution < 1.29 is 42.9 Å². The lowest BCUT2D eigenvalue weighted by atomic mass is 9.63. The Kier molecular flexibility index (Phi) is 7.67. The minimum absolute atomic E-state index is 0.0469. The first kappa shape index (κ1) is 24.9. The van der Waals surface area contributed by atoms with Crippen LogP contribution in [0, 0.1) is 11.3 Å². The SMILES string of the molecule is CCOC(=O)CC1=C(C(=O)OCC)C2(C(=O)Nc3ccccc32)C(C(=O)OCCOC)C(=N)O1. The maximum Gasteiger partial charge on any atom is 0.338 e. The Bertz CT molecular complexity index is 1050. The fourth-order valence-electron chi connectivity index (χ4n) is 4.16. The van der Waals surface area contributed by atoms with Crippen LogP contribution in [0.25, 0.3) is 0 Å². The molecule has 34 heavy (non-hydrogen) atoms. The van der Waals surface area contributed by atoms with Crippen LogP contribution in [-0.2, 0) is 48.3 Å². The molecule has 1 aromatic carbocycles. The summed E-state index contributed by atoms with van der Waals surface area (Å²) >= 11 is 0. The first-order chi connectivity index (χ1) is 16.3. The molecule has 0 fully saturated rings. The number of nitrogens with one attached hydrogen (secondary N) is 2. The molecule has 2 aliphatic heterocycles. The zero-order chi connectivity index (χ0) is 24.9. The third kappa shape index (κ3) is 4.26. The number of ether oxygens (including phenoxy) is 5. The molecule has 2 heterocycles. The maximum atomic E-state index is 13.6. The molecule has 0 saturated carbocycles. The summed E-state index contributed by atoms with van der Waals surface area (Å²) in [5, 5.41) is 11.2. The highest BCUT2D eigenvalue weighted by molar-refractivity contribution is 6.21. The van der Waals surface area contributed by atoms with Crippen LogP contribution in [0.5, 0.6) is 0 Å². The fourth-order valence-corrected chi connectivity index (χ4v) is 4.16. The number of methoxy groups -OCH3 is 1. The van der Waals surface area contributed by atoms with Gasteiger partial charge in [0, 0.05) is 12.8 Å². The van der Waals surface area contributed by atoms with Crippen LogP contribution in [0.3, 0.4) is 0 Å². The van der Waals surface area contributed by atoms with Gasteiger partial charge in [0.15, 0.2) is 5.92 Å². The van der Waals surface area contributed by atoms with Gasteiger partial charge in [-0.05, 0) is 25.5 Å². The summed E-state index contributed by atoms with van der Waals surface area (Å²) in [5.41, 5.74) is -1.81. The number of hydrogen-bond acceptors (Lipinski definition) is 10. The molecule has 1 spiro atoms. The van der Waals surface area contributed by atoms with Crippen LogP contribution in [0.2, 0.25) is 0 Å². The van der Waals surface area contributed by atoms with Crippen molar-refractivity contribution in [1.29, 1.82) is 5.41 Å². The summed E-state index contributed by atoms with van der Waals surface area (Å²) in [6, 6.07) is 6.45. The van der Waals surface area contributed by atoms with Crippen LogP contribution in [0.4, 0.5) is 5.69 Å². The number of esters is 3. The van der Waals surface area contributed by atoms with Gasteiger partial charge in [0.05, 0.1) is 25.4 Å². The van der Waals surface area contributed by atoms with E-state index in [4.69, 9.17) is 29.1 Å². The summed E-state index contributed by atoms with van der Waals surface area (Å²) in [6.45, 7) is 3.14. The largest absolute Gasteiger partial charge is 0.466 e. The van der Waals surface area contributed by atoms with Gasteiger partial charge in [-0.2, -0.15) is 0 Å². The van der Waals surface area contributed by atoms with E-state index >= 15 is 0 Å². The van der Waals surface area contributed by atoms with E-state index in [1.54, 1.807) is 38.1 Å². The van der Waals surface area contributed by atoms with Crippen molar-refractivity contribution in [3.05, 3.63) is 41.2 Å². The monoisotopic (exact) mass is 474 g/mol. The van der Waals surface area contributed by atoms with Crippen LogP contribution < -0.4 is 5.32 Å². The minimum Gasteiger partial charge on any atom is -0.466 e. The Morgan fingerprint density at radius 1 is 1.09 bits per heavy atom. The quantitative estimate of drug-likeness (QED) is 0.308. The summed E-state index contributed by atoms with van der Waals surface area (Å²) < 4.78 is 25.9. The summed E-state index contributed by atoms with van der Waals surface area (Å²) in [4.78, 5) is 52.4. The molecule has 11 nitrogen and oxygen atoms in total. The van der Waals surface area contributed by atoms with Gasteiger partial charge in [-0.3, -0.25) is 19.8 Å². The third-order valence-corrected chi connectivity index (χ3v) is 5.42. The molecule has 0 bridgehead atoms. The first-order valence-corrected chi connectivity index (χ1v) is 10.7. The first-order valence-electron chi connectivity index (χ1n) is 10.7. The summed E-state index contributed by atoms with van der Waals surface area (Å²) in [7, 11) is 1.42. The zero-order valence-electron chi connectivity index (χ0n) is 19.1. The maximum absolute atomic E-state index is 13.6. The van der Waals surface area contributed by atoms with Crippen molar-refractivity contribution in [1.82, 2.24) is 0 Å². The van der Waals surface area contributed by atoms with E-state index in [1.165, 1.54) is 7.11 Å². The number of fused-ring (bicyclic) bond motifs is 2. The molecule has 3 rings (SSSR count). The van der Waals surface area contributed by atoms with E-state index in [9.17, 15) is 19.2 Å². The average molecular weight is 474 g/mol. The topological polar surface area (TPSA) is 150 Å². The van der Waals surface area contributed by atoms with E-state index in [0.717, 1.165) is 0 Å². The molecule has 0 saturated heterocycles. The Morgan fingerprint density at radius 2 is 1.79 bits per heavy atom. The van der Waals surface area contributed by atoms with Gasteiger partial charge in [0.2, 0.25) is 11.8 Å². The predicted octanol–water partition coefficient (Wildman–Crippen LogP) is 1.46. The van der Waals surface area contributed by atoms with Crippen LogP contribution in [0.1, 0.15) is 25.8 Å². The number of anilines is 1. The second-order valence-corrected chi connectivity index (χ2v) is 7.37. The molecule has 182 valence electrons. The fraction of sp³-hybridized carbons (Fsp3) is 0.435. The van der Waals surface area contributed by atoms with Crippen molar-refractivity contribution >= 4 is 35.4 Å². The molecule has 2 N–H and O–H groups in total. The van der Waals surface area contributed by atoms with E-state index in [1.807, 2.05) is 0 Å². The van der Waals surface area contributed by atoms with E-state index < -0.39 is 47.5 Å². The van der Waals surface area contributed by atoms with E-state index in [2.05, 4.69) is 5.32 Å². The van der Waals surface area contributed by atoms with Gasteiger partial charge in [0.1, 0.15) is 24.2 Å². The smallest absolute Gasteiger partial charge is 0.338 e. The Hall–Kier alpha value is -3.73. The molecule has 2 atom stereocenters. The molecule has 0 aromatic heterocycles. The molecule has 2 aliphatic rings. The molecule has 1 aromatic rings. The highest BCUT2D eigenvalue weighted by Crippen LogP contribution is 2.53. The second-order valence-electron chi connectivity index (χ2n) is 7.37. The van der Waals surface area contributed by atoms with Gasteiger partial charge < -0.3 is 29.0 Å². The van der Waals surface area contributed by atoms with Crippen LogP contribution in [0.15, 0.2) is 35.6 Å². The van der Waals surface area contributed by atoms with Crippen LogP contribution >= 0.6 is 0 Å². The third-order valence-electron chi connectivity index (χ3n) is 5.42. The lowest BCUT2D eigenvalue weighted by Crippen LogP contribution is -2.56. The number of hydrogen-bond donors (Lipinski definition) is 2. The van der Waals surface area contributed by atoms with E-state index in [-0.39, 0.29) is 43.3 Å². The predicted molar refractivity (Wildman–Crippen MR) is 117 cm³/mol. The molecular weight excluding hydrogens is 448 g/mol. The lowest BCUT2D eigenvalue weighted by molar-refractivity contribution is -0.153. The zero-order valence-corrected chi connectivity index (χ0v) is 19.1. The normalized spacial score (nSPS) is 21.0. The van der Waals surface area contributed by atoms with Gasteiger partial charge in [-0.1, -0.05) is 18.2 Å². The van der Waals surface area contributed by atoms with Crippen molar-refractivity contribution in [2.45, 2.75) is 25.7 Å². The average Bonchev–Trinajstić information content (AvgIpc) is 3.06. The highest BCUT2D eigenvalue weighted by atomic mass is 16.6. The highest BCUT2D eigenvalue weighted by Gasteiger charge is 2.65. The number of carbonyl (C=O) groups is 4. The van der Waals surface area contributed by atoms with Gasteiger partial charge in [-0.25, -0.2) is 4.79 Å². The number of amides is 1. The van der Waals surface area contributed by atoms with Gasteiger partial charge in [-0.15, -0.1) is 0 Å². The van der Waals surface area contributed by atoms with E-state index in [0.29, 0.717) is 5.69 Å². The number of rotatable bonds is 9. The lowest BCUT2D eigenvalue weighted by Gasteiger charge is -2.39. The summed E-state index contributed by atoms with van der Waals surface area (Å²) in [6.07, 6.45) is -0.549. The van der Waals surface area contributed by atoms with Crippen LogP contribution in [-0.4, -0.2) is 63.3 Å².